The van der Waals surface area contributed by atoms with Gasteiger partial charge in [-0.25, -0.2) is 4.79 Å². The Hall–Kier alpha value is -1.36. The molecule has 15 heavy (non-hydrogen) atoms. The molecule has 2 rings (SSSR count). The molecule has 0 aliphatic heterocycles. The van der Waals surface area contributed by atoms with Gasteiger partial charge in [-0.2, -0.15) is 0 Å². The molecular weight excluding hydrogens is 194 g/mol. The third kappa shape index (κ3) is 1.74. The normalized spacial score (nSPS) is 25.7. The fourth-order valence-corrected chi connectivity index (χ4v) is 2.33. The Kier molecular flexibility index (Phi) is 2.73. The first-order chi connectivity index (χ1) is 7.24. The Balaban J connectivity index is 2.45. The summed E-state index contributed by atoms with van der Waals surface area (Å²) in [7, 11) is 1.87. The number of nitrogens with one attached hydrogen (secondary N) is 2. The van der Waals surface area contributed by atoms with Crippen LogP contribution in [0, 0.1) is 0 Å². The van der Waals surface area contributed by atoms with Gasteiger partial charge >= 0.3 is 5.69 Å². The highest BCUT2D eigenvalue weighted by atomic mass is 16.2. The van der Waals surface area contributed by atoms with Gasteiger partial charge in [0.2, 0.25) is 0 Å². The lowest BCUT2D eigenvalue weighted by Gasteiger charge is -2.19. The fraction of sp³-hybridized carbons (Fsp3) is 0.600. The van der Waals surface area contributed by atoms with Crippen molar-refractivity contribution in [3.63, 3.8) is 0 Å². The van der Waals surface area contributed by atoms with Crippen molar-refractivity contribution in [1.29, 1.82) is 0 Å². The van der Waals surface area contributed by atoms with Crippen molar-refractivity contribution in [2.24, 2.45) is 0 Å². The first-order valence-corrected chi connectivity index (χ1v) is 5.21. The van der Waals surface area contributed by atoms with Crippen LogP contribution in [0.3, 0.4) is 0 Å². The molecule has 2 atom stereocenters. The number of aromatic amines is 1. The van der Waals surface area contributed by atoms with Crippen molar-refractivity contribution in [3.05, 3.63) is 33.1 Å². The summed E-state index contributed by atoms with van der Waals surface area (Å²) in [6, 6.07) is 1.62. The Labute approximate surface area is 87.1 Å². The van der Waals surface area contributed by atoms with E-state index in [-0.39, 0.29) is 23.3 Å². The van der Waals surface area contributed by atoms with E-state index in [0.29, 0.717) is 0 Å². The van der Waals surface area contributed by atoms with Crippen LogP contribution in [0.2, 0.25) is 0 Å². The number of H-pyrrole nitrogens is 1. The second-order valence-electron chi connectivity index (χ2n) is 3.88. The first-order valence-electron chi connectivity index (χ1n) is 5.21. The van der Waals surface area contributed by atoms with Crippen molar-refractivity contribution >= 4 is 0 Å². The highest BCUT2D eigenvalue weighted by Gasteiger charge is 2.29. The van der Waals surface area contributed by atoms with E-state index in [1.54, 1.807) is 0 Å². The highest BCUT2D eigenvalue weighted by molar-refractivity contribution is 4.93. The minimum atomic E-state index is -0.311. The van der Waals surface area contributed by atoms with E-state index in [0.717, 1.165) is 19.3 Å². The summed E-state index contributed by atoms with van der Waals surface area (Å²) >= 11 is 0. The zero-order valence-electron chi connectivity index (χ0n) is 8.69. The van der Waals surface area contributed by atoms with Gasteiger partial charge < -0.3 is 10.3 Å². The standard InChI is InChI=1S/C10H15N3O2/c1-11-7-3-2-4-8(7)13-9(14)5-6-12-10(13)15/h5-8,11H,2-4H2,1H3,(H,12,15). The van der Waals surface area contributed by atoms with Gasteiger partial charge in [-0.15, -0.1) is 0 Å². The van der Waals surface area contributed by atoms with Crippen LogP contribution in [-0.2, 0) is 0 Å². The smallest absolute Gasteiger partial charge is 0.315 e. The summed E-state index contributed by atoms with van der Waals surface area (Å²) in [4.78, 5) is 25.7. The SMILES string of the molecule is CNC1CCCC1n1c(=O)cc[nH]c1=O. The molecule has 82 valence electrons. The molecule has 5 nitrogen and oxygen atoms in total. The zero-order chi connectivity index (χ0) is 10.8. The molecule has 1 saturated carbocycles. The summed E-state index contributed by atoms with van der Waals surface area (Å²) in [6.07, 6.45) is 4.35. The molecule has 5 heteroatoms. The van der Waals surface area contributed by atoms with Gasteiger partial charge in [0.25, 0.3) is 5.56 Å². The molecule has 0 saturated heterocycles. The minimum absolute atomic E-state index is 0.00699. The van der Waals surface area contributed by atoms with E-state index in [1.165, 1.54) is 16.8 Å². The zero-order valence-corrected chi connectivity index (χ0v) is 8.69. The largest absolute Gasteiger partial charge is 0.328 e. The van der Waals surface area contributed by atoms with Crippen LogP contribution in [-0.4, -0.2) is 22.6 Å². The lowest BCUT2D eigenvalue weighted by Crippen LogP contribution is -2.43. The third-order valence-electron chi connectivity index (χ3n) is 3.07. The second-order valence-corrected chi connectivity index (χ2v) is 3.88. The molecule has 0 spiro atoms. The summed E-state index contributed by atoms with van der Waals surface area (Å²) in [5.41, 5.74) is -0.527. The molecular formula is C10H15N3O2. The van der Waals surface area contributed by atoms with Gasteiger partial charge in [0.15, 0.2) is 0 Å². The predicted molar refractivity (Wildman–Crippen MR) is 57.1 cm³/mol. The van der Waals surface area contributed by atoms with Crippen molar-refractivity contribution < 1.29 is 0 Å². The van der Waals surface area contributed by atoms with E-state index in [9.17, 15) is 9.59 Å². The number of hydrogen-bond donors (Lipinski definition) is 2. The van der Waals surface area contributed by atoms with Gasteiger partial charge in [-0.1, -0.05) is 0 Å². The molecule has 0 amide bonds. The molecule has 0 aromatic carbocycles. The summed E-state index contributed by atoms with van der Waals surface area (Å²) in [5.74, 6) is 0. The molecule has 1 fully saturated rings. The average molecular weight is 209 g/mol. The van der Waals surface area contributed by atoms with Crippen LogP contribution in [0.1, 0.15) is 25.3 Å². The molecule has 0 bridgehead atoms. The second kappa shape index (κ2) is 4.02. The molecule has 1 aliphatic carbocycles. The lowest BCUT2D eigenvalue weighted by atomic mass is 10.2. The Morgan fingerprint density at radius 1 is 1.47 bits per heavy atom. The van der Waals surface area contributed by atoms with Crippen molar-refractivity contribution in [2.45, 2.75) is 31.3 Å². The number of hydrogen-bond acceptors (Lipinski definition) is 3. The summed E-state index contributed by atoms with van der Waals surface area (Å²) in [5, 5.41) is 3.15. The maximum absolute atomic E-state index is 11.6. The Morgan fingerprint density at radius 2 is 2.27 bits per heavy atom. The predicted octanol–water partition coefficient (Wildman–Crippen LogP) is -0.150. The van der Waals surface area contributed by atoms with Gasteiger partial charge in [-0.05, 0) is 26.3 Å². The minimum Gasteiger partial charge on any atom is -0.315 e. The van der Waals surface area contributed by atoms with Gasteiger partial charge in [0, 0.05) is 18.3 Å². The van der Waals surface area contributed by atoms with Crippen LogP contribution >= 0.6 is 0 Å². The molecule has 0 radical (unpaired) electrons. The van der Waals surface area contributed by atoms with Crippen molar-refractivity contribution in [1.82, 2.24) is 14.9 Å². The molecule has 1 aliphatic rings. The Bertz CT molecular complexity index is 420. The molecule has 2 N–H and O–H groups in total. The Morgan fingerprint density at radius 3 is 2.93 bits per heavy atom. The number of likely N-dealkylation sites (N-methyl/N-ethyl adjacent to an activating group) is 1. The van der Waals surface area contributed by atoms with E-state index in [2.05, 4.69) is 10.3 Å². The fourth-order valence-electron chi connectivity index (χ4n) is 2.33. The topological polar surface area (TPSA) is 66.9 Å². The number of rotatable bonds is 2. The van der Waals surface area contributed by atoms with E-state index < -0.39 is 0 Å². The molecule has 2 unspecified atom stereocenters. The molecule has 1 heterocycles. The van der Waals surface area contributed by atoms with Crippen LogP contribution in [0.4, 0.5) is 0 Å². The third-order valence-corrected chi connectivity index (χ3v) is 3.07. The van der Waals surface area contributed by atoms with E-state index >= 15 is 0 Å². The first kappa shape index (κ1) is 10.2. The van der Waals surface area contributed by atoms with Crippen LogP contribution in [0.15, 0.2) is 21.9 Å². The van der Waals surface area contributed by atoms with Gasteiger partial charge in [0.05, 0.1) is 6.04 Å². The average Bonchev–Trinajstić information content (AvgIpc) is 2.65. The molecule has 1 aromatic heterocycles. The maximum atomic E-state index is 11.6. The summed E-state index contributed by atoms with van der Waals surface area (Å²) in [6.45, 7) is 0. The monoisotopic (exact) mass is 209 g/mol. The van der Waals surface area contributed by atoms with Gasteiger partial charge in [0.1, 0.15) is 0 Å². The maximum Gasteiger partial charge on any atom is 0.328 e. The van der Waals surface area contributed by atoms with Crippen LogP contribution in [0.25, 0.3) is 0 Å². The lowest BCUT2D eigenvalue weighted by molar-refractivity contribution is 0.391. The van der Waals surface area contributed by atoms with Crippen molar-refractivity contribution in [2.75, 3.05) is 7.05 Å². The van der Waals surface area contributed by atoms with E-state index in [4.69, 9.17) is 0 Å². The van der Waals surface area contributed by atoms with Crippen molar-refractivity contribution in [3.8, 4) is 0 Å². The number of nitrogens with zero attached hydrogens (tertiary/aromatic N) is 1. The number of aromatic nitrogens is 2. The van der Waals surface area contributed by atoms with E-state index in [1.807, 2.05) is 7.05 Å². The van der Waals surface area contributed by atoms with Crippen LogP contribution < -0.4 is 16.6 Å². The molecule has 1 aromatic rings. The highest BCUT2D eigenvalue weighted by Crippen LogP contribution is 2.27. The van der Waals surface area contributed by atoms with Crippen LogP contribution in [0.5, 0.6) is 0 Å². The van der Waals surface area contributed by atoms with Gasteiger partial charge in [-0.3, -0.25) is 9.36 Å². The summed E-state index contributed by atoms with van der Waals surface area (Å²) < 4.78 is 1.33. The quantitative estimate of drug-likeness (QED) is 0.711.